The van der Waals surface area contributed by atoms with E-state index in [1.807, 2.05) is 0 Å². The molecule has 1 aromatic rings. The molecule has 3 heteroatoms. The number of nitrogens with two attached hydrogens (primary N) is 1. The van der Waals surface area contributed by atoms with Gasteiger partial charge in [0, 0.05) is 29.8 Å². The van der Waals surface area contributed by atoms with Gasteiger partial charge in [-0.2, -0.15) is 0 Å². The van der Waals surface area contributed by atoms with Gasteiger partial charge in [0.05, 0.1) is 0 Å². The van der Waals surface area contributed by atoms with Crippen LogP contribution in [0.25, 0.3) is 0 Å². The summed E-state index contributed by atoms with van der Waals surface area (Å²) in [7, 11) is 0. The summed E-state index contributed by atoms with van der Waals surface area (Å²) in [5, 5.41) is 0.860. The van der Waals surface area contributed by atoms with Crippen molar-refractivity contribution in [3.8, 4) is 0 Å². The van der Waals surface area contributed by atoms with Gasteiger partial charge in [0.25, 0.3) is 0 Å². The molecule has 1 aliphatic carbocycles. The molecule has 20 heavy (non-hydrogen) atoms. The molecule has 0 aliphatic heterocycles. The van der Waals surface area contributed by atoms with E-state index in [1.54, 1.807) is 0 Å². The van der Waals surface area contributed by atoms with E-state index in [0.717, 1.165) is 30.3 Å². The van der Waals surface area contributed by atoms with Crippen LogP contribution in [0.15, 0.2) is 18.2 Å². The van der Waals surface area contributed by atoms with Crippen LogP contribution < -0.4 is 10.6 Å². The Morgan fingerprint density at radius 1 is 1.35 bits per heavy atom. The maximum absolute atomic E-state index is 6.43. The van der Waals surface area contributed by atoms with E-state index in [0.29, 0.717) is 0 Å². The van der Waals surface area contributed by atoms with Crippen LogP contribution in [0, 0.1) is 5.92 Å². The van der Waals surface area contributed by atoms with Crippen molar-refractivity contribution in [1.82, 2.24) is 0 Å². The number of nitrogens with zero attached hydrogens (tertiary/aromatic N) is 1. The van der Waals surface area contributed by atoms with Gasteiger partial charge < -0.3 is 10.6 Å². The molecule has 0 saturated heterocycles. The van der Waals surface area contributed by atoms with Crippen LogP contribution in [-0.2, 0) is 6.42 Å². The maximum Gasteiger partial charge on any atom is 0.0459 e. The Morgan fingerprint density at radius 3 is 2.60 bits per heavy atom. The molecular weight excluding hydrogens is 268 g/mol. The summed E-state index contributed by atoms with van der Waals surface area (Å²) in [6.45, 7) is 6.54. The third-order valence-corrected chi connectivity index (χ3v) is 4.85. The van der Waals surface area contributed by atoms with Gasteiger partial charge in [-0.15, -0.1) is 0 Å². The van der Waals surface area contributed by atoms with Crippen molar-refractivity contribution in [2.45, 2.75) is 52.0 Å². The highest BCUT2D eigenvalue weighted by atomic mass is 35.5. The maximum atomic E-state index is 6.43. The molecule has 1 saturated carbocycles. The third-order valence-electron chi connectivity index (χ3n) is 4.49. The summed E-state index contributed by atoms with van der Waals surface area (Å²) in [6.07, 6.45) is 6.02. The highest BCUT2D eigenvalue weighted by Crippen LogP contribution is 2.30. The molecule has 0 bridgehead atoms. The van der Waals surface area contributed by atoms with Crippen molar-refractivity contribution >= 4 is 17.3 Å². The Bertz CT molecular complexity index is 429. The smallest absolute Gasteiger partial charge is 0.0459 e. The van der Waals surface area contributed by atoms with E-state index in [2.05, 4.69) is 36.9 Å². The van der Waals surface area contributed by atoms with Crippen LogP contribution in [-0.4, -0.2) is 19.1 Å². The van der Waals surface area contributed by atoms with Gasteiger partial charge in [0.1, 0.15) is 0 Å². The van der Waals surface area contributed by atoms with E-state index >= 15 is 0 Å². The average Bonchev–Trinajstić information content (AvgIpc) is 2.40. The Morgan fingerprint density at radius 2 is 2.10 bits per heavy atom. The van der Waals surface area contributed by atoms with E-state index < -0.39 is 0 Å². The highest BCUT2D eigenvalue weighted by molar-refractivity contribution is 6.31. The number of hydrogen-bond donors (Lipinski definition) is 1. The molecule has 2 nitrogen and oxygen atoms in total. The molecule has 1 aromatic carbocycles. The predicted octanol–water partition coefficient (Wildman–Crippen LogP) is 4.25. The summed E-state index contributed by atoms with van der Waals surface area (Å²) in [5.74, 6) is 0.877. The first kappa shape index (κ1) is 15.7. The monoisotopic (exact) mass is 294 g/mol. The molecular formula is C17H27ClN2. The number of benzene rings is 1. The molecule has 1 aliphatic rings. The summed E-state index contributed by atoms with van der Waals surface area (Å²) < 4.78 is 0. The molecule has 112 valence electrons. The molecule has 1 unspecified atom stereocenters. The number of anilines is 1. The summed E-state index contributed by atoms with van der Waals surface area (Å²) in [5.41, 5.74) is 8.44. The summed E-state index contributed by atoms with van der Waals surface area (Å²) >= 11 is 6.43. The minimum Gasteiger partial charge on any atom is -0.371 e. The van der Waals surface area contributed by atoms with E-state index in [-0.39, 0.29) is 6.04 Å². The Labute approximate surface area is 128 Å². The molecule has 0 aromatic heterocycles. The second-order valence-corrected chi connectivity index (χ2v) is 6.39. The Balaban J connectivity index is 2.05. The second kappa shape index (κ2) is 7.33. The van der Waals surface area contributed by atoms with Gasteiger partial charge in [-0.3, -0.25) is 0 Å². The lowest BCUT2D eigenvalue weighted by Crippen LogP contribution is -2.32. The lowest BCUT2D eigenvalue weighted by Gasteiger charge is -2.33. The van der Waals surface area contributed by atoms with Gasteiger partial charge in [0.15, 0.2) is 0 Å². The predicted molar refractivity (Wildman–Crippen MR) is 88.7 cm³/mol. The van der Waals surface area contributed by atoms with Crippen LogP contribution in [0.1, 0.15) is 45.1 Å². The van der Waals surface area contributed by atoms with Crippen LogP contribution in [0.2, 0.25) is 5.02 Å². The SMILES string of the molecule is CCC(N)Cc1ccc(N(CC)CC2CCC2)cc1Cl. The topological polar surface area (TPSA) is 29.3 Å². The lowest BCUT2D eigenvalue weighted by molar-refractivity contribution is 0.318. The minimum absolute atomic E-state index is 0.204. The minimum atomic E-state index is 0.204. The van der Waals surface area contributed by atoms with E-state index in [4.69, 9.17) is 17.3 Å². The van der Waals surface area contributed by atoms with Crippen molar-refractivity contribution in [3.63, 3.8) is 0 Å². The number of rotatable bonds is 7. The molecule has 2 rings (SSSR count). The quantitative estimate of drug-likeness (QED) is 0.815. The third kappa shape index (κ3) is 3.89. The first-order valence-corrected chi connectivity index (χ1v) is 8.30. The van der Waals surface area contributed by atoms with Crippen molar-refractivity contribution in [2.75, 3.05) is 18.0 Å². The molecule has 0 amide bonds. The fourth-order valence-electron chi connectivity index (χ4n) is 2.73. The van der Waals surface area contributed by atoms with Gasteiger partial charge >= 0.3 is 0 Å². The Kier molecular flexibility index (Phi) is 5.74. The highest BCUT2D eigenvalue weighted by Gasteiger charge is 2.20. The van der Waals surface area contributed by atoms with E-state index in [1.165, 1.54) is 37.1 Å². The van der Waals surface area contributed by atoms with Gasteiger partial charge in [-0.05, 0) is 56.2 Å². The second-order valence-electron chi connectivity index (χ2n) is 5.98. The average molecular weight is 295 g/mol. The largest absolute Gasteiger partial charge is 0.371 e. The summed E-state index contributed by atoms with van der Waals surface area (Å²) in [4.78, 5) is 2.44. The van der Waals surface area contributed by atoms with Crippen LogP contribution in [0.4, 0.5) is 5.69 Å². The Hall–Kier alpha value is -0.730. The standard InChI is InChI=1S/C17H27ClN2/c1-3-15(19)10-14-8-9-16(11-17(14)18)20(4-2)12-13-6-5-7-13/h8-9,11,13,15H,3-7,10,12,19H2,1-2H3. The number of hydrogen-bond acceptors (Lipinski definition) is 2. The molecule has 1 fully saturated rings. The molecule has 0 radical (unpaired) electrons. The van der Waals surface area contributed by atoms with Crippen LogP contribution >= 0.6 is 11.6 Å². The van der Waals surface area contributed by atoms with Gasteiger partial charge in [-0.25, -0.2) is 0 Å². The molecule has 1 atom stereocenters. The zero-order valence-corrected chi connectivity index (χ0v) is 13.5. The molecule has 0 heterocycles. The zero-order valence-electron chi connectivity index (χ0n) is 12.7. The van der Waals surface area contributed by atoms with Crippen LogP contribution in [0.3, 0.4) is 0 Å². The zero-order chi connectivity index (χ0) is 14.5. The molecule has 0 spiro atoms. The van der Waals surface area contributed by atoms with E-state index in [9.17, 15) is 0 Å². The fraction of sp³-hybridized carbons (Fsp3) is 0.647. The van der Waals surface area contributed by atoms with Gasteiger partial charge in [-0.1, -0.05) is 31.0 Å². The van der Waals surface area contributed by atoms with Crippen LogP contribution in [0.5, 0.6) is 0 Å². The lowest BCUT2D eigenvalue weighted by atomic mass is 9.85. The van der Waals surface area contributed by atoms with Crippen molar-refractivity contribution in [1.29, 1.82) is 0 Å². The number of halogens is 1. The first-order chi connectivity index (χ1) is 9.63. The first-order valence-electron chi connectivity index (χ1n) is 7.93. The summed E-state index contributed by atoms with van der Waals surface area (Å²) in [6, 6.07) is 6.67. The van der Waals surface area contributed by atoms with Gasteiger partial charge in [0.2, 0.25) is 0 Å². The van der Waals surface area contributed by atoms with Crippen molar-refractivity contribution in [3.05, 3.63) is 28.8 Å². The normalized spacial score (nSPS) is 16.8. The van der Waals surface area contributed by atoms with Crippen molar-refractivity contribution in [2.24, 2.45) is 11.7 Å². The van der Waals surface area contributed by atoms with Crippen molar-refractivity contribution < 1.29 is 0 Å². The fourth-order valence-corrected chi connectivity index (χ4v) is 2.98. The molecule has 2 N–H and O–H groups in total.